The number of carbonyl (C=O) groups is 1. The molecule has 1 unspecified atom stereocenters. The average molecular weight is 233 g/mol. The molecule has 1 atom stereocenters. The molecular weight excluding hydrogens is 214 g/mol. The van der Waals surface area contributed by atoms with Crippen LogP contribution >= 0.6 is 0 Å². The van der Waals surface area contributed by atoms with E-state index in [-0.39, 0.29) is 11.9 Å². The first kappa shape index (κ1) is 12.0. The maximum atomic E-state index is 11.9. The standard InChI is InChI=1S/C14H19NO2/c1-10(2)7-8-17-14(16)12-9-15-13-6-4-3-5-11(12)13/h3-6,10,12,15H,7-9H2,1-2H3. The summed E-state index contributed by atoms with van der Waals surface area (Å²) >= 11 is 0. The summed E-state index contributed by atoms with van der Waals surface area (Å²) in [5.41, 5.74) is 2.11. The van der Waals surface area contributed by atoms with Crippen LogP contribution in [0.2, 0.25) is 0 Å². The van der Waals surface area contributed by atoms with Crippen molar-refractivity contribution in [3.63, 3.8) is 0 Å². The molecule has 0 amide bonds. The Labute approximate surface area is 102 Å². The molecule has 0 saturated heterocycles. The highest BCUT2D eigenvalue weighted by Crippen LogP contribution is 2.31. The number of rotatable bonds is 4. The minimum Gasteiger partial charge on any atom is -0.465 e. The van der Waals surface area contributed by atoms with Gasteiger partial charge in [0.05, 0.1) is 6.61 Å². The van der Waals surface area contributed by atoms with Crippen LogP contribution in [0.5, 0.6) is 0 Å². The summed E-state index contributed by atoms with van der Waals surface area (Å²) in [6.07, 6.45) is 0.924. The minimum absolute atomic E-state index is 0.108. The second-order valence-corrected chi connectivity index (χ2v) is 4.87. The molecule has 1 heterocycles. The summed E-state index contributed by atoms with van der Waals surface area (Å²) in [4.78, 5) is 11.9. The van der Waals surface area contributed by atoms with Gasteiger partial charge < -0.3 is 10.1 Å². The molecule has 1 aromatic rings. The van der Waals surface area contributed by atoms with Crippen LogP contribution in [0.3, 0.4) is 0 Å². The Morgan fingerprint density at radius 2 is 2.24 bits per heavy atom. The third-order valence-corrected chi connectivity index (χ3v) is 3.06. The van der Waals surface area contributed by atoms with Gasteiger partial charge in [0.2, 0.25) is 0 Å². The molecule has 0 spiro atoms. The number of fused-ring (bicyclic) bond motifs is 1. The van der Waals surface area contributed by atoms with Crippen molar-refractivity contribution in [2.24, 2.45) is 5.92 Å². The van der Waals surface area contributed by atoms with Gasteiger partial charge in [0.1, 0.15) is 5.92 Å². The first-order valence-electron chi connectivity index (χ1n) is 6.18. The van der Waals surface area contributed by atoms with Crippen molar-refractivity contribution in [3.05, 3.63) is 29.8 Å². The summed E-state index contributed by atoms with van der Waals surface area (Å²) in [7, 11) is 0. The molecule has 0 bridgehead atoms. The highest BCUT2D eigenvalue weighted by molar-refractivity contribution is 5.83. The fourth-order valence-corrected chi connectivity index (χ4v) is 1.99. The molecule has 0 radical (unpaired) electrons. The zero-order valence-corrected chi connectivity index (χ0v) is 10.4. The van der Waals surface area contributed by atoms with Gasteiger partial charge in [0.25, 0.3) is 0 Å². The van der Waals surface area contributed by atoms with Gasteiger partial charge in [-0.1, -0.05) is 32.0 Å². The smallest absolute Gasteiger partial charge is 0.315 e. The van der Waals surface area contributed by atoms with Crippen molar-refractivity contribution in [1.82, 2.24) is 0 Å². The molecule has 1 aliphatic heterocycles. The Morgan fingerprint density at radius 1 is 1.47 bits per heavy atom. The van der Waals surface area contributed by atoms with E-state index in [1.807, 2.05) is 24.3 Å². The SMILES string of the molecule is CC(C)CCOC(=O)C1CNc2ccccc21. The molecule has 1 aromatic carbocycles. The van der Waals surface area contributed by atoms with Crippen LogP contribution in [0.4, 0.5) is 5.69 Å². The summed E-state index contributed by atoms with van der Waals surface area (Å²) in [5, 5.41) is 3.23. The molecule has 0 saturated carbocycles. The van der Waals surface area contributed by atoms with E-state index < -0.39 is 0 Å². The van der Waals surface area contributed by atoms with Crippen LogP contribution in [0, 0.1) is 5.92 Å². The highest BCUT2D eigenvalue weighted by Gasteiger charge is 2.29. The number of hydrogen-bond acceptors (Lipinski definition) is 3. The molecule has 2 rings (SSSR count). The Bertz CT molecular complexity index is 401. The molecule has 0 fully saturated rings. The number of benzene rings is 1. The molecule has 1 N–H and O–H groups in total. The molecule has 0 aromatic heterocycles. The van der Waals surface area contributed by atoms with Crippen LogP contribution < -0.4 is 5.32 Å². The number of ether oxygens (including phenoxy) is 1. The van der Waals surface area contributed by atoms with Crippen LogP contribution in [-0.4, -0.2) is 19.1 Å². The zero-order chi connectivity index (χ0) is 12.3. The Kier molecular flexibility index (Phi) is 3.67. The Balaban J connectivity index is 1.93. The maximum absolute atomic E-state index is 11.9. The number of carbonyl (C=O) groups excluding carboxylic acids is 1. The van der Waals surface area contributed by atoms with Gasteiger partial charge in [-0.15, -0.1) is 0 Å². The van der Waals surface area contributed by atoms with Crippen molar-refractivity contribution < 1.29 is 9.53 Å². The number of hydrogen-bond donors (Lipinski definition) is 1. The normalized spacial score (nSPS) is 17.7. The minimum atomic E-state index is -0.140. The first-order valence-corrected chi connectivity index (χ1v) is 6.18. The Hall–Kier alpha value is -1.51. The van der Waals surface area contributed by atoms with Crippen LogP contribution in [0.1, 0.15) is 31.7 Å². The van der Waals surface area contributed by atoms with Crippen molar-refractivity contribution in [1.29, 1.82) is 0 Å². The van der Waals surface area contributed by atoms with Gasteiger partial charge in [-0.25, -0.2) is 0 Å². The fraction of sp³-hybridized carbons (Fsp3) is 0.500. The van der Waals surface area contributed by atoms with Gasteiger partial charge >= 0.3 is 5.97 Å². The van der Waals surface area contributed by atoms with Crippen molar-refractivity contribution in [2.45, 2.75) is 26.2 Å². The molecule has 1 aliphatic rings. The van der Waals surface area contributed by atoms with Crippen molar-refractivity contribution in [3.8, 4) is 0 Å². The van der Waals surface area contributed by atoms with E-state index in [0.29, 0.717) is 19.1 Å². The summed E-state index contributed by atoms with van der Waals surface area (Å²) in [6.45, 7) is 5.43. The van der Waals surface area contributed by atoms with E-state index >= 15 is 0 Å². The Morgan fingerprint density at radius 3 is 3.00 bits per heavy atom. The monoisotopic (exact) mass is 233 g/mol. The number of para-hydroxylation sites is 1. The van der Waals surface area contributed by atoms with Gasteiger partial charge in [0, 0.05) is 12.2 Å². The average Bonchev–Trinajstić information content (AvgIpc) is 2.72. The summed E-state index contributed by atoms with van der Waals surface area (Å²) in [5.74, 6) is 0.318. The van der Waals surface area contributed by atoms with Crippen molar-refractivity contribution in [2.75, 3.05) is 18.5 Å². The van der Waals surface area contributed by atoms with E-state index in [9.17, 15) is 4.79 Å². The predicted molar refractivity (Wildman–Crippen MR) is 68.1 cm³/mol. The zero-order valence-electron chi connectivity index (χ0n) is 10.4. The highest BCUT2D eigenvalue weighted by atomic mass is 16.5. The van der Waals surface area contributed by atoms with Gasteiger partial charge in [-0.2, -0.15) is 0 Å². The molecule has 3 heteroatoms. The molecule has 3 nitrogen and oxygen atoms in total. The second-order valence-electron chi connectivity index (χ2n) is 4.87. The largest absolute Gasteiger partial charge is 0.465 e. The van der Waals surface area contributed by atoms with Crippen LogP contribution in [-0.2, 0) is 9.53 Å². The van der Waals surface area contributed by atoms with Crippen LogP contribution in [0.25, 0.3) is 0 Å². The molecule has 92 valence electrons. The summed E-state index contributed by atoms with van der Waals surface area (Å²) in [6, 6.07) is 7.92. The van der Waals surface area contributed by atoms with Crippen molar-refractivity contribution >= 4 is 11.7 Å². The van der Waals surface area contributed by atoms with E-state index in [1.165, 1.54) is 0 Å². The molecule has 17 heavy (non-hydrogen) atoms. The molecular formula is C14H19NO2. The lowest BCUT2D eigenvalue weighted by Crippen LogP contribution is -2.18. The van der Waals surface area contributed by atoms with E-state index in [2.05, 4.69) is 19.2 Å². The fourth-order valence-electron chi connectivity index (χ4n) is 1.99. The number of anilines is 1. The molecule has 0 aliphatic carbocycles. The maximum Gasteiger partial charge on any atom is 0.315 e. The van der Waals surface area contributed by atoms with Gasteiger partial charge in [-0.3, -0.25) is 4.79 Å². The van der Waals surface area contributed by atoms with Gasteiger partial charge in [-0.05, 0) is 24.0 Å². The van der Waals surface area contributed by atoms with E-state index in [1.54, 1.807) is 0 Å². The van der Waals surface area contributed by atoms with E-state index in [4.69, 9.17) is 4.74 Å². The lowest BCUT2D eigenvalue weighted by atomic mass is 10.0. The number of esters is 1. The number of nitrogens with one attached hydrogen (secondary N) is 1. The van der Waals surface area contributed by atoms with Gasteiger partial charge in [0.15, 0.2) is 0 Å². The third-order valence-electron chi connectivity index (χ3n) is 3.06. The topological polar surface area (TPSA) is 38.3 Å². The first-order chi connectivity index (χ1) is 8.18. The summed E-state index contributed by atoms with van der Waals surface area (Å²) < 4.78 is 5.31. The van der Waals surface area contributed by atoms with Crippen LogP contribution in [0.15, 0.2) is 24.3 Å². The lowest BCUT2D eigenvalue weighted by molar-refractivity contribution is -0.145. The quantitative estimate of drug-likeness (QED) is 0.813. The lowest BCUT2D eigenvalue weighted by Gasteiger charge is -2.11. The van der Waals surface area contributed by atoms with E-state index in [0.717, 1.165) is 17.7 Å². The second kappa shape index (κ2) is 5.21. The predicted octanol–water partition coefficient (Wildman–Crippen LogP) is 2.79. The third kappa shape index (κ3) is 2.78.